The zero-order chi connectivity index (χ0) is 23.5. The van der Waals surface area contributed by atoms with Gasteiger partial charge in [-0.05, 0) is 41.8 Å². The molecule has 0 bridgehead atoms. The molecule has 0 unspecified atom stereocenters. The number of dihydropyridines is 1. The SMILES string of the molecule is C1=C(c2n[nH]c3ccc(-c4nccc(OCc5ccccc5)n4)cc23)CCN=C1N1CCOCC1. The van der Waals surface area contributed by atoms with E-state index < -0.39 is 0 Å². The van der Waals surface area contributed by atoms with E-state index in [2.05, 4.69) is 37.2 Å². The summed E-state index contributed by atoms with van der Waals surface area (Å²) in [6.07, 6.45) is 4.76. The van der Waals surface area contributed by atoms with Crippen molar-refractivity contribution in [2.75, 3.05) is 32.8 Å². The molecular formula is C27H26N6O2. The van der Waals surface area contributed by atoms with Crippen molar-refractivity contribution >= 4 is 22.3 Å². The molecule has 0 aliphatic carbocycles. The van der Waals surface area contributed by atoms with Crippen molar-refractivity contribution in [3.63, 3.8) is 0 Å². The standard InChI is InChI=1S/C27H26N6O2/c1-2-4-19(5-3-1)18-35-25-9-11-29-27(30-25)21-6-7-23-22(16-21)26(32-31-23)20-8-10-28-24(17-20)33-12-14-34-15-13-33/h1-7,9,11,16-17H,8,10,12-15,18H2,(H,31,32). The Morgan fingerprint density at radius 2 is 1.91 bits per heavy atom. The Labute approximate surface area is 203 Å². The highest BCUT2D eigenvalue weighted by atomic mass is 16.5. The molecule has 35 heavy (non-hydrogen) atoms. The molecule has 2 aromatic heterocycles. The van der Waals surface area contributed by atoms with Gasteiger partial charge in [0.25, 0.3) is 0 Å². The van der Waals surface area contributed by atoms with Crippen LogP contribution in [0.1, 0.15) is 17.7 Å². The molecule has 8 nitrogen and oxygen atoms in total. The number of aromatic amines is 1. The summed E-state index contributed by atoms with van der Waals surface area (Å²) < 4.78 is 11.4. The molecule has 1 N–H and O–H groups in total. The number of fused-ring (bicyclic) bond motifs is 1. The van der Waals surface area contributed by atoms with Gasteiger partial charge in [-0.3, -0.25) is 10.1 Å². The summed E-state index contributed by atoms with van der Waals surface area (Å²) in [5.41, 5.74) is 5.14. The zero-order valence-corrected chi connectivity index (χ0v) is 19.4. The van der Waals surface area contributed by atoms with E-state index in [1.165, 1.54) is 5.57 Å². The molecule has 4 heterocycles. The quantitative estimate of drug-likeness (QED) is 0.476. The Morgan fingerprint density at radius 1 is 1.03 bits per heavy atom. The van der Waals surface area contributed by atoms with Gasteiger partial charge in [0, 0.05) is 42.8 Å². The topological polar surface area (TPSA) is 88.5 Å². The minimum Gasteiger partial charge on any atom is -0.473 e. The molecule has 1 saturated heterocycles. The van der Waals surface area contributed by atoms with Crippen LogP contribution in [0.5, 0.6) is 5.88 Å². The number of morpholine rings is 1. The molecule has 2 aliphatic rings. The predicted octanol–water partition coefficient (Wildman–Crippen LogP) is 4.12. The lowest BCUT2D eigenvalue weighted by Crippen LogP contribution is -2.40. The lowest BCUT2D eigenvalue weighted by atomic mass is 10.0. The maximum atomic E-state index is 5.91. The van der Waals surface area contributed by atoms with Gasteiger partial charge in [-0.25, -0.2) is 4.98 Å². The first-order valence-corrected chi connectivity index (χ1v) is 11.9. The van der Waals surface area contributed by atoms with Gasteiger partial charge in [0.05, 0.1) is 24.4 Å². The summed E-state index contributed by atoms with van der Waals surface area (Å²) in [7, 11) is 0. The van der Waals surface area contributed by atoms with E-state index in [1.54, 1.807) is 12.3 Å². The largest absolute Gasteiger partial charge is 0.473 e. The molecule has 0 spiro atoms. The van der Waals surface area contributed by atoms with Crippen LogP contribution in [0.15, 0.2) is 71.9 Å². The lowest BCUT2D eigenvalue weighted by molar-refractivity contribution is 0.0683. The highest BCUT2D eigenvalue weighted by Crippen LogP contribution is 2.30. The van der Waals surface area contributed by atoms with Crippen molar-refractivity contribution in [2.45, 2.75) is 13.0 Å². The molecule has 176 valence electrons. The van der Waals surface area contributed by atoms with Crippen molar-refractivity contribution in [1.82, 2.24) is 25.1 Å². The van der Waals surface area contributed by atoms with Crippen molar-refractivity contribution in [3.05, 3.63) is 78.1 Å². The fourth-order valence-electron chi connectivity index (χ4n) is 4.43. The number of hydrogen-bond acceptors (Lipinski definition) is 7. The molecule has 1 fully saturated rings. The monoisotopic (exact) mass is 466 g/mol. The molecule has 8 heteroatoms. The van der Waals surface area contributed by atoms with Crippen LogP contribution >= 0.6 is 0 Å². The summed E-state index contributed by atoms with van der Waals surface area (Å²) in [6, 6.07) is 18.0. The lowest BCUT2D eigenvalue weighted by Gasteiger charge is -2.30. The van der Waals surface area contributed by atoms with E-state index in [1.807, 2.05) is 42.5 Å². The number of amidine groups is 1. The number of aromatic nitrogens is 4. The van der Waals surface area contributed by atoms with Crippen molar-refractivity contribution in [2.24, 2.45) is 4.99 Å². The first-order valence-electron chi connectivity index (χ1n) is 11.9. The van der Waals surface area contributed by atoms with Crippen molar-refractivity contribution < 1.29 is 9.47 Å². The Morgan fingerprint density at radius 3 is 2.80 bits per heavy atom. The summed E-state index contributed by atoms with van der Waals surface area (Å²) in [4.78, 5) is 16.2. The molecule has 2 aliphatic heterocycles. The van der Waals surface area contributed by atoms with Gasteiger partial charge < -0.3 is 14.4 Å². The smallest absolute Gasteiger partial charge is 0.217 e. The Bertz CT molecular complexity index is 1390. The molecule has 2 aromatic carbocycles. The van der Waals surface area contributed by atoms with Crippen LogP contribution in [0.25, 0.3) is 27.9 Å². The van der Waals surface area contributed by atoms with Crippen LogP contribution in [0.4, 0.5) is 0 Å². The minimum absolute atomic E-state index is 0.462. The number of nitrogens with one attached hydrogen (secondary N) is 1. The maximum Gasteiger partial charge on any atom is 0.217 e. The summed E-state index contributed by atoms with van der Waals surface area (Å²) in [6.45, 7) is 4.44. The van der Waals surface area contributed by atoms with Gasteiger partial charge in [0.15, 0.2) is 5.82 Å². The summed E-state index contributed by atoms with van der Waals surface area (Å²) in [5.74, 6) is 2.19. The maximum absolute atomic E-state index is 5.91. The second kappa shape index (κ2) is 9.68. The third kappa shape index (κ3) is 4.65. The molecule has 6 rings (SSSR count). The van der Waals surface area contributed by atoms with Gasteiger partial charge in [0.1, 0.15) is 12.4 Å². The highest BCUT2D eigenvalue weighted by molar-refractivity contribution is 6.03. The fourth-order valence-corrected chi connectivity index (χ4v) is 4.43. The number of aliphatic imine (C=N–C) groups is 1. The fraction of sp³-hybridized carbons (Fsp3) is 0.259. The third-order valence-corrected chi connectivity index (χ3v) is 6.28. The highest BCUT2D eigenvalue weighted by Gasteiger charge is 2.20. The Kier molecular flexibility index (Phi) is 5.94. The van der Waals surface area contributed by atoms with Crippen LogP contribution in [-0.4, -0.2) is 63.7 Å². The van der Waals surface area contributed by atoms with Gasteiger partial charge in [0.2, 0.25) is 5.88 Å². The number of rotatable bonds is 5. The second-order valence-corrected chi connectivity index (χ2v) is 8.58. The second-order valence-electron chi connectivity index (χ2n) is 8.58. The summed E-state index contributed by atoms with van der Waals surface area (Å²) in [5, 5.41) is 8.89. The molecule has 4 aromatic rings. The van der Waals surface area contributed by atoms with Gasteiger partial charge in [-0.2, -0.15) is 10.1 Å². The van der Waals surface area contributed by atoms with Crippen LogP contribution in [0.2, 0.25) is 0 Å². The predicted molar refractivity (Wildman–Crippen MR) is 135 cm³/mol. The molecule has 0 saturated carbocycles. The third-order valence-electron chi connectivity index (χ3n) is 6.28. The Balaban J connectivity index is 1.27. The number of nitrogens with zero attached hydrogens (tertiary/aromatic N) is 5. The first kappa shape index (κ1) is 21.5. The van der Waals surface area contributed by atoms with Gasteiger partial charge >= 0.3 is 0 Å². The number of benzene rings is 2. The van der Waals surface area contributed by atoms with Gasteiger partial charge in [-0.15, -0.1) is 0 Å². The van der Waals surface area contributed by atoms with Gasteiger partial charge in [-0.1, -0.05) is 30.3 Å². The molecule has 0 atom stereocenters. The zero-order valence-electron chi connectivity index (χ0n) is 19.4. The van der Waals surface area contributed by atoms with E-state index in [0.29, 0.717) is 18.3 Å². The van der Waals surface area contributed by atoms with Crippen molar-refractivity contribution in [1.29, 1.82) is 0 Å². The van der Waals surface area contributed by atoms with E-state index in [-0.39, 0.29) is 0 Å². The number of H-pyrrole nitrogens is 1. The van der Waals surface area contributed by atoms with E-state index in [9.17, 15) is 0 Å². The molecular weight excluding hydrogens is 440 g/mol. The first-order chi connectivity index (χ1) is 17.3. The van der Waals surface area contributed by atoms with Crippen LogP contribution in [0, 0.1) is 0 Å². The molecule has 0 amide bonds. The van der Waals surface area contributed by atoms with E-state index in [0.717, 1.165) is 72.8 Å². The average Bonchev–Trinajstić information content (AvgIpc) is 3.37. The summed E-state index contributed by atoms with van der Waals surface area (Å²) >= 11 is 0. The van der Waals surface area contributed by atoms with Crippen LogP contribution < -0.4 is 4.74 Å². The Hall–Kier alpha value is -4.04. The number of hydrogen-bond donors (Lipinski definition) is 1. The number of ether oxygens (including phenoxy) is 2. The van der Waals surface area contributed by atoms with E-state index >= 15 is 0 Å². The average molecular weight is 467 g/mol. The molecule has 0 radical (unpaired) electrons. The minimum atomic E-state index is 0.462. The van der Waals surface area contributed by atoms with E-state index in [4.69, 9.17) is 14.5 Å². The van der Waals surface area contributed by atoms with Crippen LogP contribution in [0.3, 0.4) is 0 Å². The normalized spacial score (nSPS) is 16.2. The van der Waals surface area contributed by atoms with Crippen LogP contribution in [-0.2, 0) is 11.3 Å². The van der Waals surface area contributed by atoms with Crippen molar-refractivity contribution in [3.8, 4) is 17.3 Å².